The molecule has 1 aromatic heterocycles. The fourth-order valence-electron chi connectivity index (χ4n) is 2.67. The van der Waals surface area contributed by atoms with E-state index in [1.807, 2.05) is 6.07 Å². The van der Waals surface area contributed by atoms with Crippen LogP contribution in [0.1, 0.15) is 46.0 Å². The molecule has 106 valence electrons. The zero-order valence-corrected chi connectivity index (χ0v) is 12.5. The van der Waals surface area contributed by atoms with Gasteiger partial charge in [-0.15, -0.1) is 0 Å². The van der Waals surface area contributed by atoms with Gasteiger partial charge in [0.1, 0.15) is 11.0 Å². The normalized spacial score (nSPS) is 16.2. The Hall–Kier alpha value is -1.03. The van der Waals surface area contributed by atoms with Gasteiger partial charge in [0.2, 0.25) is 5.95 Å². The van der Waals surface area contributed by atoms with Gasteiger partial charge in [-0.25, -0.2) is 4.98 Å². The van der Waals surface area contributed by atoms with Crippen molar-refractivity contribution >= 4 is 23.4 Å². The van der Waals surface area contributed by atoms with Crippen molar-refractivity contribution in [1.29, 1.82) is 0 Å². The van der Waals surface area contributed by atoms with E-state index in [1.54, 1.807) is 0 Å². The van der Waals surface area contributed by atoms with E-state index in [1.165, 1.54) is 25.7 Å². The number of anilines is 2. The molecule has 0 amide bonds. The molecule has 1 saturated carbocycles. The third-order valence-corrected chi connectivity index (χ3v) is 3.90. The largest absolute Gasteiger partial charge is 0.368 e. The maximum absolute atomic E-state index is 6.01. The van der Waals surface area contributed by atoms with Gasteiger partial charge in [-0.05, 0) is 25.2 Å². The molecule has 0 unspecified atom stereocenters. The van der Waals surface area contributed by atoms with Crippen molar-refractivity contribution in [3.63, 3.8) is 0 Å². The summed E-state index contributed by atoms with van der Waals surface area (Å²) in [5.41, 5.74) is 5.72. The summed E-state index contributed by atoms with van der Waals surface area (Å²) in [6.45, 7) is 5.50. The van der Waals surface area contributed by atoms with Gasteiger partial charge < -0.3 is 10.6 Å². The molecule has 0 bridgehead atoms. The van der Waals surface area contributed by atoms with E-state index in [0.29, 0.717) is 17.1 Å². The standard InChI is InChI=1S/C14H23ClN4/c1-10(2)7-8-19(11-5-3-4-6-11)13-9-12(15)17-14(16)18-13/h9-11H,3-8H2,1-2H3,(H2,16,17,18). The summed E-state index contributed by atoms with van der Waals surface area (Å²) in [5.74, 6) is 1.82. The number of nitrogens with two attached hydrogens (primary N) is 1. The molecule has 0 radical (unpaired) electrons. The van der Waals surface area contributed by atoms with Crippen molar-refractivity contribution in [2.45, 2.75) is 52.0 Å². The van der Waals surface area contributed by atoms with E-state index >= 15 is 0 Å². The molecule has 19 heavy (non-hydrogen) atoms. The minimum atomic E-state index is 0.259. The second-order valence-electron chi connectivity index (χ2n) is 5.72. The van der Waals surface area contributed by atoms with Crippen molar-refractivity contribution in [3.8, 4) is 0 Å². The molecule has 5 heteroatoms. The molecule has 4 nitrogen and oxygen atoms in total. The lowest BCUT2D eigenvalue weighted by Gasteiger charge is -2.30. The number of nitrogen functional groups attached to an aromatic ring is 1. The van der Waals surface area contributed by atoms with Crippen LogP contribution in [-0.2, 0) is 0 Å². The first-order valence-electron chi connectivity index (χ1n) is 7.13. The van der Waals surface area contributed by atoms with Crippen LogP contribution in [0.3, 0.4) is 0 Å². The Labute approximate surface area is 120 Å². The van der Waals surface area contributed by atoms with Crippen molar-refractivity contribution in [2.75, 3.05) is 17.2 Å². The van der Waals surface area contributed by atoms with Crippen molar-refractivity contribution in [2.24, 2.45) is 5.92 Å². The fourth-order valence-corrected chi connectivity index (χ4v) is 2.85. The van der Waals surface area contributed by atoms with Crippen LogP contribution in [0.15, 0.2) is 6.07 Å². The van der Waals surface area contributed by atoms with Gasteiger partial charge in [0, 0.05) is 18.7 Å². The first-order chi connectivity index (χ1) is 9.06. The Kier molecular flexibility index (Phi) is 4.86. The maximum atomic E-state index is 6.01. The molecule has 1 aliphatic carbocycles. The first-order valence-corrected chi connectivity index (χ1v) is 7.50. The lowest BCUT2D eigenvalue weighted by molar-refractivity contribution is 0.525. The summed E-state index contributed by atoms with van der Waals surface area (Å²) >= 11 is 6.01. The summed E-state index contributed by atoms with van der Waals surface area (Å²) in [6.07, 6.45) is 6.23. The highest BCUT2D eigenvalue weighted by Crippen LogP contribution is 2.29. The Balaban J connectivity index is 2.19. The van der Waals surface area contributed by atoms with Crippen LogP contribution in [0.2, 0.25) is 5.15 Å². The molecule has 1 heterocycles. The molecule has 1 fully saturated rings. The SMILES string of the molecule is CC(C)CCN(c1cc(Cl)nc(N)n1)C1CCCC1. The molecule has 0 aliphatic heterocycles. The number of halogens is 1. The highest BCUT2D eigenvalue weighted by molar-refractivity contribution is 6.29. The van der Waals surface area contributed by atoms with Crippen LogP contribution in [-0.4, -0.2) is 22.6 Å². The van der Waals surface area contributed by atoms with E-state index in [2.05, 4.69) is 28.7 Å². The highest BCUT2D eigenvalue weighted by Gasteiger charge is 2.24. The van der Waals surface area contributed by atoms with E-state index < -0.39 is 0 Å². The van der Waals surface area contributed by atoms with Crippen LogP contribution in [0.25, 0.3) is 0 Å². The predicted molar refractivity (Wildman–Crippen MR) is 80.5 cm³/mol. The summed E-state index contributed by atoms with van der Waals surface area (Å²) in [4.78, 5) is 10.7. The zero-order valence-electron chi connectivity index (χ0n) is 11.8. The molecule has 0 saturated heterocycles. The van der Waals surface area contributed by atoms with E-state index in [4.69, 9.17) is 17.3 Å². The second-order valence-corrected chi connectivity index (χ2v) is 6.11. The lowest BCUT2D eigenvalue weighted by Crippen LogP contribution is -2.35. The monoisotopic (exact) mass is 282 g/mol. The molecule has 2 rings (SSSR count). The summed E-state index contributed by atoms with van der Waals surface area (Å²) in [6, 6.07) is 2.40. The van der Waals surface area contributed by atoms with E-state index in [9.17, 15) is 0 Å². The molecular formula is C14H23ClN4. The third kappa shape index (κ3) is 3.96. The zero-order chi connectivity index (χ0) is 13.8. The number of hydrogen-bond acceptors (Lipinski definition) is 4. The van der Waals surface area contributed by atoms with E-state index in [-0.39, 0.29) is 5.95 Å². The smallest absolute Gasteiger partial charge is 0.223 e. The van der Waals surface area contributed by atoms with Crippen LogP contribution >= 0.6 is 11.6 Å². The Bertz CT molecular complexity index is 396. The lowest BCUT2D eigenvalue weighted by atomic mass is 10.1. The number of hydrogen-bond donors (Lipinski definition) is 1. The topological polar surface area (TPSA) is 55.0 Å². The van der Waals surface area contributed by atoms with Gasteiger partial charge in [-0.2, -0.15) is 4.98 Å². The molecule has 0 spiro atoms. The molecule has 1 aromatic rings. The van der Waals surface area contributed by atoms with Crippen LogP contribution in [0.4, 0.5) is 11.8 Å². The highest BCUT2D eigenvalue weighted by atomic mass is 35.5. The quantitative estimate of drug-likeness (QED) is 0.840. The Morgan fingerprint density at radius 3 is 2.63 bits per heavy atom. The third-order valence-electron chi connectivity index (χ3n) is 3.71. The maximum Gasteiger partial charge on any atom is 0.223 e. The molecule has 0 atom stereocenters. The molecular weight excluding hydrogens is 260 g/mol. The van der Waals surface area contributed by atoms with Gasteiger partial charge in [0.25, 0.3) is 0 Å². The summed E-state index contributed by atoms with van der Waals surface area (Å²) in [7, 11) is 0. The predicted octanol–water partition coefficient (Wildman–Crippen LogP) is 3.51. The first kappa shape index (κ1) is 14.4. The molecule has 2 N–H and O–H groups in total. The number of rotatable bonds is 5. The van der Waals surface area contributed by atoms with Crippen LogP contribution in [0.5, 0.6) is 0 Å². The summed E-state index contributed by atoms with van der Waals surface area (Å²) in [5, 5.41) is 0.426. The van der Waals surface area contributed by atoms with Gasteiger partial charge in [-0.1, -0.05) is 38.3 Å². The summed E-state index contributed by atoms with van der Waals surface area (Å²) < 4.78 is 0. The van der Waals surface area contributed by atoms with Crippen LogP contribution in [0, 0.1) is 5.92 Å². The number of nitrogens with zero attached hydrogens (tertiary/aromatic N) is 3. The number of aromatic nitrogens is 2. The van der Waals surface area contributed by atoms with Crippen molar-refractivity contribution in [1.82, 2.24) is 9.97 Å². The average molecular weight is 283 g/mol. The van der Waals surface area contributed by atoms with Gasteiger partial charge in [-0.3, -0.25) is 0 Å². The Morgan fingerprint density at radius 1 is 1.37 bits per heavy atom. The second kappa shape index (κ2) is 6.42. The molecule has 1 aliphatic rings. The van der Waals surface area contributed by atoms with E-state index in [0.717, 1.165) is 18.8 Å². The molecule has 0 aromatic carbocycles. The van der Waals surface area contributed by atoms with Crippen LogP contribution < -0.4 is 10.6 Å². The minimum absolute atomic E-state index is 0.259. The van der Waals surface area contributed by atoms with Crippen molar-refractivity contribution in [3.05, 3.63) is 11.2 Å². The van der Waals surface area contributed by atoms with Gasteiger partial charge in [0.15, 0.2) is 0 Å². The van der Waals surface area contributed by atoms with Gasteiger partial charge in [0.05, 0.1) is 0 Å². The van der Waals surface area contributed by atoms with Gasteiger partial charge >= 0.3 is 0 Å². The fraction of sp³-hybridized carbons (Fsp3) is 0.714. The average Bonchev–Trinajstić information content (AvgIpc) is 2.81. The van der Waals surface area contributed by atoms with Crippen molar-refractivity contribution < 1.29 is 0 Å². The minimum Gasteiger partial charge on any atom is -0.368 e. The Morgan fingerprint density at radius 2 is 2.05 bits per heavy atom.